The van der Waals surface area contributed by atoms with Crippen molar-refractivity contribution in [2.75, 3.05) is 5.32 Å². The Labute approximate surface area is 124 Å². The minimum Gasteiger partial charge on any atom is -0.365 e. The van der Waals surface area contributed by atoms with Crippen LogP contribution in [0.1, 0.15) is 5.56 Å². The van der Waals surface area contributed by atoms with Crippen LogP contribution in [0, 0.1) is 5.82 Å². The van der Waals surface area contributed by atoms with Crippen LogP contribution >= 0.6 is 15.9 Å². The average Bonchev–Trinajstić information content (AvgIpc) is 2.48. The highest BCUT2D eigenvalue weighted by atomic mass is 79.9. The number of benzene rings is 2. The minimum atomic E-state index is -0.240. The lowest BCUT2D eigenvalue weighted by molar-refractivity contribution is 0.625. The van der Waals surface area contributed by atoms with Gasteiger partial charge in [-0.1, -0.05) is 40.2 Å². The molecule has 20 heavy (non-hydrogen) atoms. The molecule has 0 unspecified atom stereocenters. The molecule has 1 aromatic heterocycles. The van der Waals surface area contributed by atoms with Crippen molar-refractivity contribution in [3.8, 4) is 0 Å². The molecule has 0 aliphatic heterocycles. The molecule has 4 heteroatoms. The number of nitrogens with zero attached hydrogens (tertiary/aromatic N) is 1. The van der Waals surface area contributed by atoms with Crippen molar-refractivity contribution in [1.29, 1.82) is 0 Å². The van der Waals surface area contributed by atoms with Crippen LogP contribution in [0.3, 0.4) is 0 Å². The second-order valence-electron chi connectivity index (χ2n) is 4.47. The fraction of sp³-hybridized carbons (Fsp3) is 0.0625. The summed E-state index contributed by atoms with van der Waals surface area (Å²) in [6.45, 7) is 0.513. The van der Waals surface area contributed by atoms with Crippen LogP contribution < -0.4 is 5.32 Å². The number of aromatic nitrogens is 1. The lowest BCUT2D eigenvalue weighted by Crippen LogP contribution is -2.03. The molecule has 0 fully saturated rings. The van der Waals surface area contributed by atoms with Gasteiger partial charge in [0, 0.05) is 22.6 Å². The Morgan fingerprint density at radius 3 is 2.85 bits per heavy atom. The molecule has 0 saturated carbocycles. The van der Waals surface area contributed by atoms with Gasteiger partial charge in [-0.15, -0.1) is 0 Å². The molecule has 3 aromatic rings. The number of fused-ring (bicyclic) bond motifs is 1. The fourth-order valence-electron chi connectivity index (χ4n) is 2.12. The van der Waals surface area contributed by atoms with E-state index in [9.17, 15) is 4.39 Å². The molecule has 3 rings (SSSR count). The Morgan fingerprint density at radius 1 is 1.10 bits per heavy atom. The van der Waals surface area contributed by atoms with Crippen molar-refractivity contribution in [3.63, 3.8) is 0 Å². The van der Waals surface area contributed by atoms with Gasteiger partial charge >= 0.3 is 0 Å². The average molecular weight is 331 g/mol. The van der Waals surface area contributed by atoms with E-state index in [1.807, 2.05) is 30.3 Å². The monoisotopic (exact) mass is 330 g/mol. The van der Waals surface area contributed by atoms with Crippen molar-refractivity contribution in [2.45, 2.75) is 6.54 Å². The van der Waals surface area contributed by atoms with E-state index in [1.165, 1.54) is 12.1 Å². The summed E-state index contributed by atoms with van der Waals surface area (Å²) in [6, 6.07) is 14.7. The minimum absolute atomic E-state index is 0.240. The molecule has 0 spiro atoms. The Balaban J connectivity index is 1.89. The third kappa shape index (κ3) is 2.65. The molecule has 0 saturated heterocycles. The number of nitrogens with one attached hydrogen (secondary N) is 1. The van der Waals surface area contributed by atoms with E-state index in [-0.39, 0.29) is 5.82 Å². The van der Waals surface area contributed by atoms with E-state index in [1.54, 1.807) is 12.3 Å². The molecule has 0 atom stereocenters. The molecule has 0 aliphatic carbocycles. The second-order valence-corrected chi connectivity index (χ2v) is 5.32. The molecule has 2 nitrogen and oxygen atoms in total. The lowest BCUT2D eigenvalue weighted by atomic mass is 10.1. The summed E-state index contributed by atoms with van der Waals surface area (Å²) >= 11 is 3.43. The van der Waals surface area contributed by atoms with E-state index < -0.39 is 0 Å². The van der Waals surface area contributed by atoms with Crippen molar-refractivity contribution < 1.29 is 4.39 Å². The van der Waals surface area contributed by atoms with Gasteiger partial charge in [-0.2, -0.15) is 0 Å². The first kappa shape index (κ1) is 13.1. The fourth-order valence-corrected chi connectivity index (χ4v) is 2.51. The number of rotatable bonds is 3. The highest BCUT2D eigenvalue weighted by Gasteiger charge is 2.04. The predicted molar refractivity (Wildman–Crippen MR) is 83.2 cm³/mol. The molecule has 0 amide bonds. The lowest BCUT2D eigenvalue weighted by Gasteiger charge is -2.10. The van der Waals surface area contributed by atoms with Crippen molar-refractivity contribution in [2.24, 2.45) is 0 Å². The Morgan fingerprint density at radius 2 is 1.95 bits per heavy atom. The summed E-state index contributed by atoms with van der Waals surface area (Å²) in [6.07, 6.45) is 1.77. The highest BCUT2D eigenvalue weighted by molar-refractivity contribution is 9.10. The van der Waals surface area contributed by atoms with E-state index in [2.05, 4.69) is 26.2 Å². The van der Waals surface area contributed by atoms with E-state index in [0.717, 1.165) is 26.6 Å². The number of hydrogen-bond donors (Lipinski definition) is 1. The van der Waals surface area contributed by atoms with E-state index in [0.29, 0.717) is 6.54 Å². The normalized spacial score (nSPS) is 10.7. The first-order valence-corrected chi connectivity index (χ1v) is 7.05. The topological polar surface area (TPSA) is 24.9 Å². The highest BCUT2D eigenvalue weighted by Crippen LogP contribution is 2.23. The second kappa shape index (κ2) is 5.59. The maximum absolute atomic E-state index is 13.3. The Kier molecular flexibility index (Phi) is 3.65. The molecule has 0 bridgehead atoms. The molecule has 2 aromatic carbocycles. The van der Waals surface area contributed by atoms with Gasteiger partial charge in [-0.05, 0) is 35.2 Å². The zero-order valence-electron chi connectivity index (χ0n) is 10.6. The van der Waals surface area contributed by atoms with Crippen molar-refractivity contribution in [1.82, 2.24) is 4.98 Å². The number of pyridine rings is 1. The van der Waals surface area contributed by atoms with Gasteiger partial charge in [-0.25, -0.2) is 9.37 Å². The van der Waals surface area contributed by atoms with E-state index >= 15 is 0 Å². The molecule has 1 heterocycles. The zero-order chi connectivity index (χ0) is 13.9. The Hall–Kier alpha value is -1.94. The summed E-state index contributed by atoms with van der Waals surface area (Å²) in [5.74, 6) is 0.565. The molecule has 0 aliphatic rings. The van der Waals surface area contributed by atoms with Crippen LogP contribution in [0.2, 0.25) is 0 Å². The van der Waals surface area contributed by atoms with Gasteiger partial charge in [0.2, 0.25) is 0 Å². The molecule has 0 radical (unpaired) electrons. The SMILES string of the molecule is Fc1ccc(Br)c(CNc2nccc3ccccc23)c1. The van der Waals surface area contributed by atoms with Crippen molar-refractivity contribution in [3.05, 3.63) is 70.6 Å². The third-order valence-corrected chi connectivity index (χ3v) is 3.90. The molecular weight excluding hydrogens is 319 g/mol. The summed E-state index contributed by atoms with van der Waals surface area (Å²) in [4.78, 5) is 4.35. The number of hydrogen-bond acceptors (Lipinski definition) is 2. The van der Waals surface area contributed by atoms with Gasteiger partial charge in [0.15, 0.2) is 0 Å². The van der Waals surface area contributed by atoms with Gasteiger partial charge in [0.25, 0.3) is 0 Å². The predicted octanol–water partition coefficient (Wildman–Crippen LogP) is 4.75. The summed E-state index contributed by atoms with van der Waals surface area (Å²) < 4.78 is 14.1. The van der Waals surface area contributed by atoms with Gasteiger partial charge in [0.1, 0.15) is 11.6 Å². The molecule has 100 valence electrons. The quantitative estimate of drug-likeness (QED) is 0.749. The van der Waals surface area contributed by atoms with Crippen LogP contribution in [0.4, 0.5) is 10.2 Å². The van der Waals surface area contributed by atoms with Crippen LogP contribution in [0.15, 0.2) is 59.2 Å². The number of halogens is 2. The summed E-state index contributed by atoms with van der Waals surface area (Å²) in [5, 5.41) is 5.45. The number of anilines is 1. The standard InChI is InChI=1S/C16H12BrFN2/c17-15-6-5-13(18)9-12(15)10-20-16-14-4-2-1-3-11(14)7-8-19-16/h1-9H,10H2,(H,19,20). The van der Waals surface area contributed by atoms with Crippen LogP contribution in [-0.2, 0) is 6.54 Å². The molecular formula is C16H12BrFN2. The maximum atomic E-state index is 13.3. The van der Waals surface area contributed by atoms with E-state index in [4.69, 9.17) is 0 Å². The maximum Gasteiger partial charge on any atom is 0.134 e. The van der Waals surface area contributed by atoms with Crippen LogP contribution in [0.5, 0.6) is 0 Å². The third-order valence-electron chi connectivity index (χ3n) is 3.13. The van der Waals surface area contributed by atoms with Gasteiger partial charge in [0.05, 0.1) is 0 Å². The first-order chi connectivity index (χ1) is 9.74. The van der Waals surface area contributed by atoms with Gasteiger partial charge < -0.3 is 5.32 Å². The largest absolute Gasteiger partial charge is 0.365 e. The summed E-state index contributed by atoms with van der Waals surface area (Å²) in [7, 11) is 0. The smallest absolute Gasteiger partial charge is 0.134 e. The zero-order valence-corrected chi connectivity index (χ0v) is 12.2. The summed E-state index contributed by atoms with van der Waals surface area (Å²) in [5.41, 5.74) is 0.861. The van der Waals surface area contributed by atoms with Crippen LogP contribution in [-0.4, -0.2) is 4.98 Å². The van der Waals surface area contributed by atoms with Crippen LogP contribution in [0.25, 0.3) is 10.8 Å². The Bertz CT molecular complexity index is 753. The van der Waals surface area contributed by atoms with Crippen molar-refractivity contribution >= 4 is 32.5 Å². The first-order valence-electron chi connectivity index (χ1n) is 6.25. The van der Waals surface area contributed by atoms with Gasteiger partial charge in [-0.3, -0.25) is 0 Å². The molecule has 1 N–H and O–H groups in total.